The first kappa shape index (κ1) is 15.2. The van der Waals surface area contributed by atoms with Gasteiger partial charge in [0.1, 0.15) is 13.2 Å². The summed E-state index contributed by atoms with van der Waals surface area (Å²) in [5.41, 5.74) is 0.206. The Balaban J connectivity index is 1.85. The zero-order valence-electron chi connectivity index (χ0n) is 11.8. The molecule has 1 aliphatic rings. The van der Waals surface area contributed by atoms with Crippen molar-refractivity contribution < 1.29 is 27.8 Å². The van der Waals surface area contributed by atoms with E-state index in [1.54, 1.807) is 0 Å². The van der Waals surface area contributed by atoms with E-state index in [4.69, 9.17) is 9.47 Å². The summed E-state index contributed by atoms with van der Waals surface area (Å²) in [6.45, 7) is 0.775. The van der Waals surface area contributed by atoms with E-state index in [0.29, 0.717) is 24.7 Å². The summed E-state index contributed by atoms with van der Waals surface area (Å²) in [6, 6.07) is 9.54. The highest BCUT2D eigenvalue weighted by molar-refractivity contribution is 7.92. The Hall–Kier alpha value is -2.74. The van der Waals surface area contributed by atoms with Crippen molar-refractivity contribution in [2.75, 3.05) is 17.9 Å². The summed E-state index contributed by atoms with van der Waals surface area (Å²) in [6.07, 6.45) is 0. The number of carboxylic acid groups (broad SMARTS) is 1. The average Bonchev–Trinajstić information content (AvgIpc) is 2.54. The molecule has 0 radical (unpaired) electrons. The van der Waals surface area contributed by atoms with Crippen molar-refractivity contribution in [2.24, 2.45) is 0 Å². The molecule has 0 fully saturated rings. The van der Waals surface area contributed by atoms with Crippen LogP contribution in [0.2, 0.25) is 0 Å². The minimum atomic E-state index is -3.83. The molecule has 8 heteroatoms. The first-order chi connectivity index (χ1) is 11.0. The lowest BCUT2D eigenvalue weighted by molar-refractivity contribution is -0.255. The van der Waals surface area contributed by atoms with E-state index in [-0.39, 0.29) is 16.1 Å². The number of carbonyl (C=O) groups is 1. The number of hydrogen-bond acceptors (Lipinski definition) is 6. The number of carbonyl (C=O) groups excluding carboxylic acids is 1. The van der Waals surface area contributed by atoms with Gasteiger partial charge in [0.25, 0.3) is 10.0 Å². The second kappa shape index (κ2) is 5.81. The van der Waals surface area contributed by atoms with Crippen LogP contribution in [0.3, 0.4) is 0 Å². The first-order valence-electron chi connectivity index (χ1n) is 6.69. The van der Waals surface area contributed by atoms with Gasteiger partial charge in [0.05, 0.1) is 10.9 Å². The molecule has 0 atom stereocenters. The van der Waals surface area contributed by atoms with Gasteiger partial charge in [0.2, 0.25) is 0 Å². The molecule has 3 rings (SSSR count). The Morgan fingerprint density at radius 2 is 1.65 bits per heavy atom. The van der Waals surface area contributed by atoms with Crippen molar-refractivity contribution in [1.82, 2.24) is 0 Å². The highest BCUT2D eigenvalue weighted by atomic mass is 32.2. The molecule has 23 heavy (non-hydrogen) atoms. The first-order valence-corrected chi connectivity index (χ1v) is 8.18. The van der Waals surface area contributed by atoms with Crippen LogP contribution in [0.25, 0.3) is 0 Å². The second-order valence-electron chi connectivity index (χ2n) is 4.78. The molecule has 0 aromatic heterocycles. The lowest BCUT2D eigenvalue weighted by atomic mass is 10.2. The van der Waals surface area contributed by atoms with E-state index >= 15 is 0 Å². The minimum Gasteiger partial charge on any atom is -0.545 e. The Morgan fingerprint density at radius 1 is 1.00 bits per heavy atom. The van der Waals surface area contributed by atoms with E-state index in [1.807, 2.05) is 0 Å². The maximum Gasteiger partial charge on any atom is 0.262 e. The summed E-state index contributed by atoms with van der Waals surface area (Å²) in [7, 11) is -3.83. The third-order valence-corrected chi connectivity index (χ3v) is 4.58. The van der Waals surface area contributed by atoms with E-state index in [0.717, 1.165) is 0 Å². The monoisotopic (exact) mass is 334 g/mol. The standard InChI is InChI=1S/C15H13NO6S/c17-15(18)10-1-3-11(4-2-10)16-23(19,20)12-5-6-13-14(9-12)22-8-7-21-13/h1-6,9,16H,7-8H2,(H,17,18)/p-1. The molecule has 1 heterocycles. The molecule has 0 unspecified atom stereocenters. The van der Waals surface area contributed by atoms with Gasteiger partial charge in [-0.1, -0.05) is 12.1 Å². The molecule has 0 spiro atoms. The summed E-state index contributed by atoms with van der Waals surface area (Å²) in [4.78, 5) is 10.7. The Bertz CT molecular complexity index is 845. The fraction of sp³-hybridized carbons (Fsp3) is 0.133. The molecular formula is C15H12NO6S-. The molecule has 7 nitrogen and oxygen atoms in total. The van der Waals surface area contributed by atoms with Gasteiger partial charge in [0.15, 0.2) is 11.5 Å². The van der Waals surface area contributed by atoms with Gasteiger partial charge in [0, 0.05) is 11.8 Å². The summed E-state index contributed by atoms with van der Waals surface area (Å²) in [5, 5.41) is 10.7. The fourth-order valence-electron chi connectivity index (χ4n) is 2.08. The van der Waals surface area contributed by atoms with Crippen molar-refractivity contribution >= 4 is 21.7 Å². The van der Waals surface area contributed by atoms with Gasteiger partial charge >= 0.3 is 0 Å². The van der Waals surface area contributed by atoms with Gasteiger partial charge in [-0.15, -0.1) is 0 Å². The molecule has 0 bridgehead atoms. The lowest BCUT2D eigenvalue weighted by Gasteiger charge is -2.19. The van der Waals surface area contributed by atoms with Crippen molar-refractivity contribution in [1.29, 1.82) is 0 Å². The van der Waals surface area contributed by atoms with E-state index in [1.165, 1.54) is 42.5 Å². The fourth-order valence-corrected chi connectivity index (χ4v) is 3.15. The van der Waals surface area contributed by atoms with Crippen LogP contribution in [-0.4, -0.2) is 27.6 Å². The number of nitrogens with one attached hydrogen (secondary N) is 1. The molecule has 1 N–H and O–H groups in total. The normalized spacial score (nSPS) is 13.4. The van der Waals surface area contributed by atoms with E-state index in [2.05, 4.69) is 4.72 Å². The summed E-state index contributed by atoms with van der Waals surface area (Å²) >= 11 is 0. The number of anilines is 1. The zero-order valence-corrected chi connectivity index (χ0v) is 12.6. The molecule has 0 aliphatic carbocycles. The molecule has 0 saturated heterocycles. The smallest absolute Gasteiger partial charge is 0.262 e. The molecule has 0 amide bonds. The Labute approximate surface area is 132 Å². The predicted octanol–water partition coefficient (Wildman–Crippen LogP) is 0.622. The van der Waals surface area contributed by atoms with E-state index < -0.39 is 16.0 Å². The number of benzene rings is 2. The largest absolute Gasteiger partial charge is 0.545 e. The van der Waals surface area contributed by atoms with Crippen LogP contribution in [0.15, 0.2) is 47.4 Å². The number of sulfonamides is 1. The van der Waals surface area contributed by atoms with Gasteiger partial charge in [-0.2, -0.15) is 0 Å². The summed E-state index contributed by atoms with van der Waals surface area (Å²) < 4.78 is 37.8. The summed E-state index contributed by atoms with van der Waals surface area (Å²) in [5.74, 6) is -0.467. The average molecular weight is 334 g/mol. The SMILES string of the molecule is O=C([O-])c1ccc(NS(=O)(=O)c2ccc3c(c2)OCCO3)cc1. The van der Waals surface area contributed by atoms with Crippen molar-refractivity contribution in [3.63, 3.8) is 0 Å². The van der Waals surface area contributed by atoms with Crippen LogP contribution >= 0.6 is 0 Å². The molecule has 2 aromatic carbocycles. The molecule has 2 aromatic rings. The third-order valence-electron chi connectivity index (χ3n) is 3.20. The molecule has 1 aliphatic heterocycles. The second-order valence-corrected chi connectivity index (χ2v) is 6.46. The maximum atomic E-state index is 12.4. The van der Waals surface area contributed by atoms with Crippen LogP contribution in [0.1, 0.15) is 10.4 Å². The highest BCUT2D eigenvalue weighted by Gasteiger charge is 2.19. The number of ether oxygens (including phenoxy) is 2. The zero-order chi connectivity index (χ0) is 16.4. The Morgan fingerprint density at radius 3 is 2.30 bits per heavy atom. The van der Waals surface area contributed by atoms with Gasteiger partial charge in [-0.05, 0) is 29.8 Å². The van der Waals surface area contributed by atoms with Crippen LogP contribution in [0, 0.1) is 0 Å². The van der Waals surface area contributed by atoms with Crippen LogP contribution < -0.4 is 19.3 Å². The van der Waals surface area contributed by atoms with Crippen LogP contribution in [0.5, 0.6) is 11.5 Å². The number of hydrogen-bond donors (Lipinski definition) is 1. The minimum absolute atomic E-state index is 0.0192. The van der Waals surface area contributed by atoms with Gasteiger partial charge < -0.3 is 19.4 Å². The number of rotatable bonds is 4. The topological polar surface area (TPSA) is 105 Å². The Kier molecular flexibility index (Phi) is 3.83. The third kappa shape index (κ3) is 3.21. The van der Waals surface area contributed by atoms with Crippen LogP contribution in [0.4, 0.5) is 5.69 Å². The quantitative estimate of drug-likeness (QED) is 0.879. The van der Waals surface area contributed by atoms with E-state index in [9.17, 15) is 18.3 Å². The van der Waals surface area contributed by atoms with Gasteiger partial charge in [-0.25, -0.2) is 8.42 Å². The predicted molar refractivity (Wildman–Crippen MR) is 79.0 cm³/mol. The maximum absolute atomic E-state index is 12.4. The number of carboxylic acids is 1. The lowest BCUT2D eigenvalue weighted by Crippen LogP contribution is -2.22. The van der Waals surface area contributed by atoms with Crippen molar-refractivity contribution in [3.05, 3.63) is 48.0 Å². The molecule has 0 saturated carbocycles. The van der Waals surface area contributed by atoms with Gasteiger partial charge in [-0.3, -0.25) is 4.72 Å². The van der Waals surface area contributed by atoms with Crippen molar-refractivity contribution in [2.45, 2.75) is 4.90 Å². The number of aromatic carboxylic acids is 1. The number of fused-ring (bicyclic) bond motifs is 1. The van der Waals surface area contributed by atoms with Crippen molar-refractivity contribution in [3.8, 4) is 11.5 Å². The molecular weight excluding hydrogens is 322 g/mol. The molecule has 120 valence electrons. The van der Waals surface area contributed by atoms with Crippen LogP contribution in [-0.2, 0) is 10.0 Å². The highest BCUT2D eigenvalue weighted by Crippen LogP contribution is 2.32.